The van der Waals surface area contributed by atoms with Crippen molar-refractivity contribution in [3.05, 3.63) is 63.6 Å². The highest BCUT2D eigenvalue weighted by Gasteiger charge is 2.63. The molecular weight excluding hydrogens is 572 g/mol. The summed E-state index contributed by atoms with van der Waals surface area (Å²) in [6, 6.07) is 5.45. The van der Waals surface area contributed by atoms with Gasteiger partial charge in [-0.15, -0.1) is 0 Å². The number of amides is 1. The summed E-state index contributed by atoms with van der Waals surface area (Å²) in [6.07, 6.45) is 0.169. The number of Topliss-reactive ketones (excluding diaryl/α,β-unsaturated/α-hetero) is 2. The van der Waals surface area contributed by atoms with E-state index in [0.29, 0.717) is 22.6 Å². The van der Waals surface area contributed by atoms with E-state index in [2.05, 4.69) is 5.32 Å². The fraction of sp³-hybridized carbons (Fsp3) is 0.387. The quantitative estimate of drug-likeness (QED) is 0.176. The van der Waals surface area contributed by atoms with Gasteiger partial charge in [0.25, 0.3) is 5.91 Å². The van der Waals surface area contributed by atoms with Crippen LogP contribution in [0.4, 0.5) is 11.4 Å². The number of nitrogens with zero attached hydrogens (tertiary/aromatic N) is 2. The van der Waals surface area contributed by atoms with Gasteiger partial charge in [-0.3, -0.25) is 19.3 Å². The molecule has 0 heterocycles. The van der Waals surface area contributed by atoms with Gasteiger partial charge in [0, 0.05) is 37.8 Å². The van der Waals surface area contributed by atoms with Crippen molar-refractivity contribution >= 4 is 28.8 Å². The number of phenols is 2. The van der Waals surface area contributed by atoms with E-state index in [1.807, 2.05) is 0 Å². The number of ketones is 2. The van der Waals surface area contributed by atoms with E-state index in [0.717, 1.165) is 0 Å². The van der Waals surface area contributed by atoms with Crippen molar-refractivity contribution in [1.29, 1.82) is 0 Å². The summed E-state index contributed by atoms with van der Waals surface area (Å²) in [5, 5.41) is 58.9. The average Bonchev–Trinajstić information content (AvgIpc) is 2.94. The molecule has 8 N–H and O–H groups in total. The van der Waals surface area contributed by atoms with Crippen LogP contribution in [0.15, 0.2) is 46.9 Å². The number of carbonyl (C=O) groups excluding carboxylic acids is 3. The number of hydrogen-bond donors (Lipinski definition) is 7. The molecule has 3 aliphatic rings. The van der Waals surface area contributed by atoms with Gasteiger partial charge in [0.1, 0.15) is 22.8 Å². The molecule has 0 aromatic heterocycles. The zero-order valence-electron chi connectivity index (χ0n) is 25.0. The molecule has 44 heavy (non-hydrogen) atoms. The standard InChI is InChI=1S/C31H36N4O9/c1-34(2)18-11-17(33-12-13-6-7-20(44-5)19(36)8-13)25(37)22-15(18)9-14-10-16-24(35(3)4)27(39)23(30(32)42)29(41)31(16,43)28(40)21(14)26(22)38/h6-8,11,14,16,24,33,36-37,39-40,43H,9-10,12H2,1-5H3,(H2,32,42). The molecule has 0 radical (unpaired) electrons. The Morgan fingerprint density at radius 3 is 2.36 bits per heavy atom. The van der Waals surface area contributed by atoms with Crippen molar-refractivity contribution < 1.29 is 44.7 Å². The first-order valence-corrected chi connectivity index (χ1v) is 14.0. The number of methoxy groups -OCH3 is 1. The third-order valence-corrected chi connectivity index (χ3v) is 8.91. The molecule has 234 valence electrons. The fourth-order valence-corrected chi connectivity index (χ4v) is 6.88. The number of likely N-dealkylation sites (N-methyl/N-ethyl adjacent to an activating group) is 1. The van der Waals surface area contributed by atoms with Crippen LogP contribution in [0.25, 0.3) is 0 Å². The number of nitrogens with two attached hydrogens (primary N) is 1. The summed E-state index contributed by atoms with van der Waals surface area (Å²) in [5.74, 6) is -6.82. The lowest BCUT2D eigenvalue weighted by Gasteiger charge is -2.50. The van der Waals surface area contributed by atoms with Crippen LogP contribution >= 0.6 is 0 Å². The predicted molar refractivity (Wildman–Crippen MR) is 160 cm³/mol. The number of hydrogen-bond acceptors (Lipinski definition) is 12. The number of rotatable bonds is 7. The summed E-state index contributed by atoms with van der Waals surface area (Å²) < 4.78 is 5.08. The highest BCUT2D eigenvalue weighted by Crippen LogP contribution is 2.54. The van der Waals surface area contributed by atoms with Crippen LogP contribution in [0, 0.1) is 11.8 Å². The van der Waals surface area contributed by atoms with E-state index < -0.39 is 63.8 Å². The number of ether oxygens (including phenoxy) is 1. The Labute approximate surface area is 253 Å². The topological polar surface area (TPSA) is 206 Å². The molecule has 5 rings (SSSR count). The number of benzene rings is 2. The number of anilines is 2. The first kappa shape index (κ1) is 30.7. The summed E-state index contributed by atoms with van der Waals surface area (Å²) in [4.78, 5) is 43.2. The van der Waals surface area contributed by atoms with E-state index in [1.54, 1.807) is 51.3 Å². The number of aliphatic hydroxyl groups is 3. The molecule has 0 saturated heterocycles. The maximum absolute atomic E-state index is 14.2. The van der Waals surface area contributed by atoms with Crippen LogP contribution in [-0.4, -0.2) is 94.8 Å². The van der Waals surface area contributed by atoms with E-state index in [4.69, 9.17) is 10.5 Å². The van der Waals surface area contributed by atoms with Crippen molar-refractivity contribution in [2.75, 3.05) is 45.5 Å². The first-order valence-electron chi connectivity index (χ1n) is 14.0. The van der Waals surface area contributed by atoms with Gasteiger partial charge < -0.3 is 46.2 Å². The van der Waals surface area contributed by atoms with E-state index >= 15 is 0 Å². The minimum absolute atomic E-state index is 0.000354. The molecule has 3 aliphatic carbocycles. The lowest BCUT2D eigenvalue weighted by molar-refractivity contribution is -0.148. The van der Waals surface area contributed by atoms with Gasteiger partial charge in [-0.05, 0) is 62.2 Å². The fourth-order valence-electron chi connectivity index (χ4n) is 6.88. The Hall–Kier alpha value is -4.75. The number of nitrogens with one attached hydrogen (secondary N) is 1. The van der Waals surface area contributed by atoms with Gasteiger partial charge in [0.2, 0.25) is 5.78 Å². The van der Waals surface area contributed by atoms with Crippen LogP contribution in [0.5, 0.6) is 17.2 Å². The third kappa shape index (κ3) is 4.42. The van der Waals surface area contributed by atoms with Crippen molar-refractivity contribution in [2.45, 2.75) is 31.0 Å². The Balaban J connectivity index is 1.62. The van der Waals surface area contributed by atoms with Gasteiger partial charge in [0.15, 0.2) is 22.9 Å². The molecule has 4 atom stereocenters. The molecule has 0 spiro atoms. The van der Waals surface area contributed by atoms with Crippen LogP contribution in [0.1, 0.15) is 27.9 Å². The second-order valence-electron chi connectivity index (χ2n) is 11.9. The third-order valence-electron chi connectivity index (χ3n) is 8.91. The van der Waals surface area contributed by atoms with Crippen molar-refractivity contribution in [2.24, 2.45) is 17.6 Å². The SMILES string of the molecule is COc1ccc(CNc2cc(N(C)C)c3c(c2O)C(=O)C2=C(O)C4(O)C(=O)C(C(N)=O)=C(O)C(N(C)C)C4CC2C3)cc1O. The lowest BCUT2D eigenvalue weighted by atomic mass is 9.58. The second-order valence-corrected chi connectivity index (χ2v) is 11.9. The Morgan fingerprint density at radius 2 is 1.80 bits per heavy atom. The number of fused-ring (bicyclic) bond motifs is 3. The maximum atomic E-state index is 14.2. The molecule has 2 aromatic carbocycles. The molecule has 0 fully saturated rings. The lowest BCUT2D eigenvalue weighted by Crippen LogP contribution is -2.63. The normalized spacial score (nSPS) is 24.6. The van der Waals surface area contributed by atoms with Gasteiger partial charge >= 0.3 is 0 Å². The van der Waals surface area contributed by atoms with Crippen molar-refractivity contribution in [3.8, 4) is 17.2 Å². The molecule has 0 bridgehead atoms. The van der Waals surface area contributed by atoms with E-state index in [1.165, 1.54) is 18.1 Å². The Bertz CT molecular complexity index is 1660. The molecule has 0 saturated carbocycles. The van der Waals surface area contributed by atoms with Gasteiger partial charge in [0.05, 0.1) is 24.4 Å². The minimum atomic E-state index is -2.71. The number of carbonyl (C=O) groups is 3. The minimum Gasteiger partial charge on any atom is -0.510 e. The van der Waals surface area contributed by atoms with Crippen molar-refractivity contribution in [1.82, 2.24) is 4.90 Å². The Kier molecular flexibility index (Phi) is 7.50. The molecule has 2 aromatic rings. The molecule has 1 amide bonds. The zero-order chi connectivity index (χ0) is 32.4. The molecule has 13 heteroatoms. The van der Waals surface area contributed by atoms with E-state index in [-0.39, 0.29) is 42.0 Å². The molecule has 4 unspecified atom stereocenters. The monoisotopic (exact) mass is 608 g/mol. The molecule has 0 aliphatic heterocycles. The summed E-state index contributed by atoms with van der Waals surface area (Å²) in [5.41, 5.74) is 3.49. The number of primary amides is 1. The highest BCUT2D eigenvalue weighted by molar-refractivity contribution is 6.25. The maximum Gasteiger partial charge on any atom is 0.255 e. The summed E-state index contributed by atoms with van der Waals surface area (Å²) >= 11 is 0. The highest BCUT2D eigenvalue weighted by atomic mass is 16.5. The Morgan fingerprint density at radius 1 is 1.11 bits per heavy atom. The number of phenolic OH excluding ortho intramolecular Hbond substituents is 2. The second kappa shape index (κ2) is 10.8. The number of aromatic hydroxyl groups is 2. The summed E-state index contributed by atoms with van der Waals surface area (Å²) in [7, 11) is 8.15. The van der Waals surface area contributed by atoms with Crippen LogP contribution in [-0.2, 0) is 22.6 Å². The molecule has 13 nitrogen and oxygen atoms in total. The number of allylic oxidation sites excluding steroid dienone is 1. The van der Waals surface area contributed by atoms with E-state index in [9.17, 15) is 39.9 Å². The predicted octanol–water partition coefficient (Wildman–Crippen LogP) is 1.51. The largest absolute Gasteiger partial charge is 0.510 e. The van der Waals surface area contributed by atoms with Crippen LogP contribution in [0.3, 0.4) is 0 Å². The first-order chi connectivity index (χ1) is 20.6. The average molecular weight is 609 g/mol. The number of aliphatic hydroxyl groups excluding tert-OH is 2. The van der Waals surface area contributed by atoms with Crippen LogP contribution < -0.4 is 20.7 Å². The van der Waals surface area contributed by atoms with Crippen LogP contribution in [0.2, 0.25) is 0 Å². The molecular formula is C31H36N4O9. The smallest absolute Gasteiger partial charge is 0.255 e. The zero-order valence-corrected chi connectivity index (χ0v) is 25.0. The van der Waals surface area contributed by atoms with Gasteiger partial charge in [-0.1, -0.05) is 6.07 Å². The van der Waals surface area contributed by atoms with Gasteiger partial charge in [-0.2, -0.15) is 0 Å². The van der Waals surface area contributed by atoms with Gasteiger partial charge in [-0.25, -0.2) is 0 Å². The van der Waals surface area contributed by atoms with Crippen molar-refractivity contribution in [3.63, 3.8) is 0 Å². The summed E-state index contributed by atoms with van der Waals surface area (Å²) in [6.45, 7) is 0.162.